The maximum absolute atomic E-state index is 13.1. The van der Waals surface area contributed by atoms with Crippen molar-refractivity contribution in [2.24, 2.45) is 11.7 Å². The summed E-state index contributed by atoms with van der Waals surface area (Å²) in [6.07, 6.45) is 0.00486. The highest BCUT2D eigenvalue weighted by molar-refractivity contribution is 6.12. The number of rotatable bonds is 4. The lowest BCUT2D eigenvalue weighted by molar-refractivity contribution is -0.122. The van der Waals surface area contributed by atoms with Crippen molar-refractivity contribution in [3.63, 3.8) is 0 Å². The van der Waals surface area contributed by atoms with Gasteiger partial charge in [0, 0.05) is 24.0 Å². The molecule has 0 saturated carbocycles. The number of amides is 3. The molecule has 8 heteroatoms. The minimum atomic E-state index is -0.804. The molecule has 2 aromatic carbocycles. The number of hydrogen-bond acceptors (Lipinski definition) is 4. The lowest BCUT2D eigenvalue weighted by Gasteiger charge is -2.16. The van der Waals surface area contributed by atoms with Crippen LogP contribution in [0.25, 0.3) is 11.0 Å². The summed E-state index contributed by atoms with van der Waals surface area (Å²) in [4.78, 5) is 38.2. The van der Waals surface area contributed by atoms with Gasteiger partial charge in [0.05, 0.1) is 5.92 Å². The van der Waals surface area contributed by atoms with E-state index in [0.717, 1.165) is 0 Å². The van der Waals surface area contributed by atoms with Gasteiger partial charge in [-0.3, -0.25) is 14.4 Å². The predicted octanol–water partition coefficient (Wildman–Crippen LogP) is 2.66. The number of halogens is 1. The molecule has 1 unspecified atom stereocenters. The van der Waals surface area contributed by atoms with Gasteiger partial charge in [0.15, 0.2) is 0 Å². The first-order valence-electron chi connectivity index (χ1n) is 8.62. The highest BCUT2D eigenvalue weighted by atomic mass is 19.1. The number of hydrogen-bond donors (Lipinski definition) is 2. The van der Waals surface area contributed by atoms with Crippen LogP contribution in [0.4, 0.5) is 15.8 Å². The van der Waals surface area contributed by atoms with E-state index in [9.17, 15) is 18.8 Å². The van der Waals surface area contributed by atoms with Crippen molar-refractivity contribution in [1.82, 2.24) is 0 Å². The molecular formula is C20H16FN3O4. The maximum atomic E-state index is 13.1. The Labute approximate surface area is 158 Å². The van der Waals surface area contributed by atoms with Crippen LogP contribution in [0.3, 0.4) is 0 Å². The molecule has 1 atom stereocenters. The molecule has 0 aliphatic carbocycles. The van der Waals surface area contributed by atoms with Gasteiger partial charge in [-0.05, 0) is 36.4 Å². The molecule has 4 rings (SSSR count). The topological polar surface area (TPSA) is 106 Å². The Morgan fingerprint density at radius 1 is 1.14 bits per heavy atom. The quantitative estimate of drug-likeness (QED) is 0.725. The monoisotopic (exact) mass is 381 g/mol. The molecule has 28 heavy (non-hydrogen) atoms. The molecule has 0 radical (unpaired) electrons. The molecule has 1 aliphatic rings. The molecule has 2 heterocycles. The molecule has 3 aromatic rings. The second-order valence-electron chi connectivity index (χ2n) is 6.54. The van der Waals surface area contributed by atoms with Gasteiger partial charge in [-0.2, -0.15) is 0 Å². The smallest absolute Gasteiger partial charge is 0.286 e. The highest BCUT2D eigenvalue weighted by Crippen LogP contribution is 2.32. The SMILES string of the molecule is NC(=O)c1oc2ccccc2c1NC(=O)C1CC(=O)N(c2ccc(F)cc2)C1. The van der Waals surface area contributed by atoms with Gasteiger partial charge in [-0.1, -0.05) is 12.1 Å². The zero-order chi connectivity index (χ0) is 19.8. The first-order valence-corrected chi connectivity index (χ1v) is 8.62. The number of nitrogens with two attached hydrogens (primary N) is 1. The van der Waals surface area contributed by atoms with Crippen molar-refractivity contribution in [2.75, 3.05) is 16.8 Å². The van der Waals surface area contributed by atoms with Crippen molar-refractivity contribution in [3.8, 4) is 0 Å². The molecule has 1 aromatic heterocycles. The van der Waals surface area contributed by atoms with Crippen LogP contribution in [-0.4, -0.2) is 24.3 Å². The van der Waals surface area contributed by atoms with Gasteiger partial charge in [-0.15, -0.1) is 0 Å². The first kappa shape index (κ1) is 17.7. The molecule has 7 nitrogen and oxygen atoms in total. The third-order valence-electron chi connectivity index (χ3n) is 4.70. The minimum Gasteiger partial charge on any atom is -0.449 e. The maximum Gasteiger partial charge on any atom is 0.286 e. The van der Waals surface area contributed by atoms with E-state index in [0.29, 0.717) is 16.7 Å². The largest absolute Gasteiger partial charge is 0.449 e. The molecule has 1 saturated heterocycles. The van der Waals surface area contributed by atoms with Crippen LogP contribution in [0, 0.1) is 11.7 Å². The second-order valence-corrected chi connectivity index (χ2v) is 6.54. The van der Waals surface area contributed by atoms with E-state index in [4.69, 9.17) is 10.2 Å². The third kappa shape index (κ3) is 3.09. The average molecular weight is 381 g/mol. The van der Waals surface area contributed by atoms with E-state index in [1.54, 1.807) is 24.3 Å². The Morgan fingerprint density at radius 2 is 1.86 bits per heavy atom. The number of carbonyl (C=O) groups is 3. The van der Waals surface area contributed by atoms with Crippen molar-refractivity contribution in [1.29, 1.82) is 0 Å². The Balaban J connectivity index is 1.57. The Hall–Kier alpha value is -3.68. The van der Waals surface area contributed by atoms with Gasteiger partial charge >= 0.3 is 0 Å². The number of para-hydroxylation sites is 1. The summed E-state index contributed by atoms with van der Waals surface area (Å²) in [7, 11) is 0. The molecule has 0 spiro atoms. The van der Waals surface area contributed by atoms with Gasteiger partial charge in [0.1, 0.15) is 17.1 Å². The molecule has 1 fully saturated rings. The summed E-state index contributed by atoms with van der Waals surface area (Å²) in [6, 6.07) is 12.3. The molecule has 0 bridgehead atoms. The number of nitrogens with zero attached hydrogens (tertiary/aromatic N) is 1. The molecule has 142 valence electrons. The van der Waals surface area contributed by atoms with Crippen LogP contribution in [0.5, 0.6) is 0 Å². The average Bonchev–Trinajstić information content (AvgIpc) is 3.24. The molecule has 3 N–H and O–H groups in total. The van der Waals surface area contributed by atoms with Gasteiger partial charge < -0.3 is 20.4 Å². The Morgan fingerprint density at radius 3 is 2.57 bits per heavy atom. The second kappa shape index (κ2) is 6.80. The summed E-state index contributed by atoms with van der Waals surface area (Å²) in [6.45, 7) is 0.151. The van der Waals surface area contributed by atoms with Crippen LogP contribution in [0.15, 0.2) is 52.9 Å². The van der Waals surface area contributed by atoms with Crippen molar-refractivity contribution < 1.29 is 23.2 Å². The number of fused-ring (bicyclic) bond motifs is 1. The third-order valence-corrected chi connectivity index (χ3v) is 4.70. The Kier molecular flexibility index (Phi) is 4.31. The standard InChI is InChI=1S/C20H16FN3O4/c21-12-5-7-13(8-6-12)24-10-11(9-16(24)25)20(27)23-17-14-3-1-2-4-15(14)28-18(17)19(22)26/h1-8,11H,9-10H2,(H2,22,26)(H,23,27). The minimum absolute atomic E-state index is 0.00486. The normalized spacial score (nSPS) is 16.5. The fraction of sp³-hybridized carbons (Fsp3) is 0.150. The fourth-order valence-corrected chi connectivity index (χ4v) is 3.32. The van der Waals surface area contributed by atoms with E-state index < -0.39 is 23.5 Å². The van der Waals surface area contributed by atoms with Crippen LogP contribution in [-0.2, 0) is 9.59 Å². The summed E-state index contributed by atoms with van der Waals surface area (Å²) >= 11 is 0. The van der Waals surface area contributed by atoms with Crippen molar-refractivity contribution in [2.45, 2.75) is 6.42 Å². The van der Waals surface area contributed by atoms with Gasteiger partial charge in [0.2, 0.25) is 17.6 Å². The predicted molar refractivity (Wildman–Crippen MR) is 100 cm³/mol. The summed E-state index contributed by atoms with van der Waals surface area (Å²) in [5.74, 6) is -2.65. The summed E-state index contributed by atoms with van der Waals surface area (Å²) in [5.41, 5.74) is 6.50. The highest BCUT2D eigenvalue weighted by Gasteiger charge is 2.36. The van der Waals surface area contributed by atoms with E-state index in [2.05, 4.69) is 5.32 Å². The number of anilines is 2. The summed E-state index contributed by atoms with van der Waals surface area (Å²) < 4.78 is 18.5. The number of benzene rings is 2. The Bertz CT molecular complexity index is 1090. The lowest BCUT2D eigenvalue weighted by atomic mass is 10.1. The molecule has 1 aliphatic heterocycles. The van der Waals surface area contributed by atoms with E-state index in [1.165, 1.54) is 29.2 Å². The van der Waals surface area contributed by atoms with Crippen LogP contribution in [0.2, 0.25) is 0 Å². The van der Waals surface area contributed by atoms with E-state index in [1.807, 2.05) is 0 Å². The molecule has 3 amide bonds. The number of nitrogens with one attached hydrogen (secondary N) is 1. The fourth-order valence-electron chi connectivity index (χ4n) is 3.32. The van der Waals surface area contributed by atoms with Crippen molar-refractivity contribution in [3.05, 3.63) is 60.1 Å². The first-order chi connectivity index (χ1) is 13.4. The number of primary amides is 1. The van der Waals surface area contributed by atoms with Crippen LogP contribution < -0.4 is 16.0 Å². The summed E-state index contributed by atoms with van der Waals surface area (Å²) in [5, 5.41) is 3.23. The van der Waals surface area contributed by atoms with Crippen molar-refractivity contribution >= 4 is 40.1 Å². The van der Waals surface area contributed by atoms with Crippen LogP contribution >= 0.6 is 0 Å². The van der Waals surface area contributed by atoms with Crippen LogP contribution in [0.1, 0.15) is 17.0 Å². The van der Waals surface area contributed by atoms with Gasteiger partial charge in [0.25, 0.3) is 5.91 Å². The zero-order valence-electron chi connectivity index (χ0n) is 14.6. The zero-order valence-corrected chi connectivity index (χ0v) is 14.6. The molecular weight excluding hydrogens is 365 g/mol. The number of carbonyl (C=O) groups excluding carboxylic acids is 3. The lowest BCUT2D eigenvalue weighted by Crippen LogP contribution is -2.28. The van der Waals surface area contributed by atoms with E-state index >= 15 is 0 Å². The van der Waals surface area contributed by atoms with Gasteiger partial charge in [-0.25, -0.2) is 4.39 Å². The number of furan rings is 1. The van der Waals surface area contributed by atoms with E-state index in [-0.39, 0.29) is 30.3 Å².